The summed E-state index contributed by atoms with van der Waals surface area (Å²) >= 11 is 0. The number of halogens is 1. The molecule has 1 aromatic carbocycles. The van der Waals surface area contributed by atoms with Crippen LogP contribution in [-0.2, 0) is 0 Å². The zero-order valence-corrected chi connectivity index (χ0v) is 13.4. The molecule has 0 bridgehead atoms. The molecule has 3 aromatic rings. The largest absolute Gasteiger partial charge is 0.356 e. The fourth-order valence-electron chi connectivity index (χ4n) is 3.39. The molecular weight excluding hydrogens is 305 g/mol. The molecular formula is C18H20FN5. The van der Waals surface area contributed by atoms with Crippen LogP contribution in [0.3, 0.4) is 0 Å². The van der Waals surface area contributed by atoms with Gasteiger partial charge >= 0.3 is 0 Å². The quantitative estimate of drug-likeness (QED) is 0.804. The van der Waals surface area contributed by atoms with Gasteiger partial charge in [-0.15, -0.1) is 0 Å². The smallest absolute Gasteiger partial charge is 0.157 e. The molecule has 1 aliphatic heterocycles. The summed E-state index contributed by atoms with van der Waals surface area (Å²) in [5.74, 6) is 1.16. The van der Waals surface area contributed by atoms with E-state index >= 15 is 0 Å². The summed E-state index contributed by atoms with van der Waals surface area (Å²) in [7, 11) is 0. The van der Waals surface area contributed by atoms with E-state index in [1.165, 1.54) is 6.07 Å². The molecule has 24 heavy (non-hydrogen) atoms. The summed E-state index contributed by atoms with van der Waals surface area (Å²) in [6.07, 6.45) is 3.98. The third kappa shape index (κ3) is 2.63. The minimum absolute atomic E-state index is 0.265. The zero-order chi connectivity index (χ0) is 16.5. The molecule has 2 aromatic heterocycles. The van der Waals surface area contributed by atoms with Crippen LogP contribution in [0.1, 0.15) is 12.8 Å². The molecule has 0 spiro atoms. The second-order valence-electron chi connectivity index (χ2n) is 6.27. The lowest BCUT2D eigenvalue weighted by atomic mass is 9.98. The Balaban J connectivity index is 1.83. The van der Waals surface area contributed by atoms with Gasteiger partial charge in [0, 0.05) is 30.8 Å². The standard InChI is InChI=1S/C18H20FN5/c19-15-6-2-1-5-14(15)16-10-18(24-17(22-16)7-8-21-24)23-9-3-4-13(11-20)12-23/h1-2,5-8,10,13H,3-4,9,11-12,20H2/t13-/m1/s1. The zero-order valence-electron chi connectivity index (χ0n) is 13.4. The average molecular weight is 325 g/mol. The Morgan fingerprint density at radius 2 is 2.12 bits per heavy atom. The summed E-state index contributed by atoms with van der Waals surface area (Å²) in [5.41, 5.74) is 7.73. The van der Waals surface area contributed by atoms with Gasteiger partial charge in [0.05, 0.1) is 11.9 Å². The van der Waals surface area contributed by atoms with Crippen molar-refractivity contribution in [3.05, 3.63) is 48.4 Å². The molecule has 1 saturated heterocycles. The maximum Gasteiger partial charge on any atom is 0.157 e. The van der Waals surface area contributed by atoms with Gasteiger partial charge in [-0.2, -0.15) is 9.61 Å². The molecule has 5 nitrogen and oxygen atoms in total. The second kappa shape index (κ2) is 6.20. The molecule has 0 aliphatic carbocycles. The van der Waals surface area contributed by atoms with E-state index in [1.54, 1.807) is 18.3 Å². The van der Waals surface area contributed by atoms with Crippen LogP contribution in [0.4, 0.5) is 10.2 Å². The van der Waals surface area contributed by atoms with Crippen molar-refractivity contribution in [2.24, 2.45) is 11.7 Å². The molecule has 1 aliphatic rings. The van der Waals surface area contributed by atoms with Gasteiger partial charge in [-0.25, -0.2) is 9.37 Å². The molecule has 3 heterocycles. The lowest BCUT2D eigenvalue weighted by Crippen LogP contribution is -2.39. The monoisotopic (exact) mass is 325 g/mol. The highest BCUT2D eigenvalue weighted by Gasteiger charge is 2.22. The third-order valence-electron chi connectivity index (χ3n) is 4.67. The number of benzene rings is 1. The number of nitrogens with two attached hydrogens (primary N) is 1. The Morgan fingerprint density at radius 1 is 1.25 bits per heavy atom. The predicted molar refractivity (Wildman–Crippen MR) is 92.4 cm³/mol. The van der Waals surface area contributed by atoms with Crippen LogP contribution in [-0.4, -0.2) is 34.2 Å². The van der Waals surface area contributed by atoms with Gasteiger partial charge in [0.2, 0.25) is 0 Å². The van der Waals surface area contributed by atoms with E-state index in [1.807, 2.05) is 22.7 Å². The van der Waals surface area contributed by atoms with Crippen LogP contribution in [0.15, 0.2) is 42.6 Å². The van der Waals surface area contributed by atoms with Gasteiger partial charge < -0.3 is 10.6 Å². The van der Waals surface area contributed by atoms with E-state index < -0.39 is 0 Å². The number of anilines is 1. The summed E-state index contributed by atoms with van der Waals surface area (Å²) in [6, 6.07) is 10.5. The second-order valence-corrected chi connectivity index (χ2v) is 6.27. The number of aromatic nitrogens is 3. The lowest BCUT2D eigenvalue weighted by Gasteiger charge is -2.34. The molecule has 0 amide bonds. The molecule has 1 fully saturated rings. The van der Waals surface area contributed by atoms with Crippen molar-refractivity contribution in [3.8, 4) is 11.3 Å². The number of rotatable bonds is 3. The molecule has 0 saturated carbocycles. The van der Waals surface area contributed by atoms with Gasteiger partial charge in [0.1, 0.15) is 11.6 Å². The minimum Gasteiger partial charge on any atom is -0.356 e. The van der Waals surface area contributed by atoms with Crippen molar-refractivity contribution < 1.29 is 4.39 Å². The fraction of sp³-hybridized carbons (Fsp3) is 0.333. The first-order valence-electron chi connectivity index (χ1n) is 8.31. The van der Waals surface area contributed by atoms with Crippen LogP contribution in [0.2, 0.25) is 0 Å². The van der Waals surface area contributed by atoms with Gasteiger partial charge in [0.25, 0.3) is 0 Å². The van der Waals surface area contributed by atoms with Crippen LogP contribution >= 0.6 is 0 Å². The first-order chi connectivity index (χ1) is 11.8. The molecule has 124 valence electrons. The molecule has 6 heteroatoms. The fourth-order valence-corrected chi connectivity index (χ4v) is 3.39. The Kier molecular flexibility index (Phi) is 3.90. The molecule has 1 atom stereocenters. The van der Waals surface area contributed by atoms with Gasteiger partial charge in [-0.3, -0.25) is 0 Å². The first-order valence-corrected chi connectivity index (χ1v) is 8.31. The highest BCUT2D eigenvalue weighted by molar-refractivity contribution is 5.67. The van der Waals surface area contributed by atoms with Crippen LogP contribution in [0.25, 0.3) is 16.9 Å². The van der Waals surface area contributed by atoms with E-state index in [2.05, 4.69) is 15.0 Å². The summed E-state index contributed by atoms with van der Waals surface area (Å²) in [4.78, 5) is 6.85. The van der Waals surface area contributed by atoms with E-state index in [-0.39, 0.29) is 5.82 Å². The number of piperidine rings is 1. The Labute approximate surface area is 139 Å². The molecule has 4 rings (SSSR count). The number of hydrogen-bond acceptors (Lipinski definition) is 4. The van der Waals surface area contributed by atoms with Crippen molar-refractivity contribution in [1.82, 2.24) is 14.6 Å². The van der Waals surface area contributed by atoms with Crippen molar-refractivity contribution in [2.75, 3.05) is 24.5 Å². The minimum atomic E-state index is -0.265. The molecule has 0 unspecified atom stereocenters. The van der Waals surface area contributed by atoms with Crippen molar-refractivity contribution in [3.63, 3.8) is 0 Å². The topological polar surface area (TPSA) is 59.5 Å². The van der Waals surface area contributed by atoms with Crippen molar-refractivity contribution in [2.45, 2.75) is 12.8 Å². The van der Waals surface area contributed by atoms with Crippen LogP contribution in [0.5, 0.6) is 0 Å². The summed E-state index contributed by atoms with van der Waals surface area (Å²) in [5, 5.41) is 4.39. The van der Waals surface area contributed by atoms with Gasteiger partial charge in [0.15, 0.2) is 5.65 Å². The average Bonchev–Trinajstić information content (AvgIpc) is 3.10. The van der Waals surface area contributed by atoms with Gasteiger partial charge in [-0.05, 0) is 37.4 Å². The van der Waals surface area contributed by atoms with E-state index in [9.17, 15) is 4.39 Å². The normalized spacial score (nSPS) is 18.2. The van der Waals surface area contributed by atoms with Crippen molar-refractivity contribution in [1.29, 1.82) is 0 Å². The predicted octanol–water partition coefficient (Wildman–Crippen LogP) is 2.71. The number of hydrogen-bond donors (Lipinski definition) is 1. The summed E-state index contributed by atoms with van der Waals surface area (Å²) < 4.78 is 16.0. The lowest BCUT2D eigenvalue weighted by molar-refractivity contribution is 0.420. The Bertz CT molecular complexity index is 859. The van der Waals surface area contributed by atoms with Crippen LogP contribution < -0.4 is 10.6 Å². The third-order valence-corrected chi connectivity index (χ3v) is 4.67. The maximum atomic E-state index is 14.2. The van der Waals surface area contributed by atoms with E-state index in [0.29, 0.717) is 23.7 Å². The molecule has 2 N–H and O–H groups in total. The SMILES string of the molecule is NC[C@H]1CCCN(c2cc(-c3ccccc3F)nc3ccnn23)C1. The molecule has 0 radical (unpaired) electrons. The van der Waals surface area contributed by atoms with Crippen LogP contribution in [0, 0.1) is 11.7 Å². The van der Waals surface area contributed by atoms with E-state index in [0.717, 1.165) is 37.4 Å². The first kappa shape index (κ1) is 15.1. The Hall–Kier alpha value is -2.47. The van der Waals surface area contributed by atoms with Gasteiger partial charge in [-0.1, -0.05) is 12.1 Å². The Morgan fingerprint density at radius 3 is 2.96 bits per heavy atom. The van der Waals surface area contributed by atoms with E-state index in [4.69, 9.17) is 5.73 Å². The maximum absolute atomic E-state index is 14.2. The number of nitrogens with zero attached hydrogens (tertiary/aromatic N) is 4. The highest BCUT2D eigenvalue weighted by Crippen LogP contribution is 2.28. The summed E-state index contributed by atoms with van der Waals surface area (Å²) in [6.45, 7) is 2.53. The number of fused-ring (bicyclic) bond motifs is 1. The highest BCUT2D eigenvalue weighted by atomic mass is 19.1. The van der Waals surface area contributed by atoms with Crippen molar-refractivity contribution >= 4 is 11.5 Å².